The Morgan fingerprint density at radius 3 is 2.45 bits per heavy atom. The third-order valence-corrected chi connectivity index (χ3v) is 6.67. The molecular weight excluding hydrogens is 426 g/mol. The molecule has 3 aromatic carbocycles. The molecule has 0 saturated heterocycles. The number of thiophene rings is 1. The third kappa shape index (κ3) is 3.52. The largest absolute Gasteiger partial charge is 0.497 e. The van der Waals surface area contributed by atoms with E-state index in [0.29, 0.717) is 5.82 Å². The van der Waals surface area contributed by atoms with Crippen molar-refractivity contribution in [2.45, 2.75) is 0 Å². The van der Waals surface area contributed by atoms with Crippen LogP contribution < -0.4 is 4.74 Å². The van der Waals surface area contributed by atoms with Gasteiger partial charge in [-0.25, -0.2) is 9.97 Å². The van der Waals surface area contributed by atoms with E-state index in [4.69, 9.17) is 19.7 Å². The third-order valence-electron chi connectivity index (χ3n) is 5.70. The highest BCUT2D eigenvalue weighted by atomic mass is 32.1. The lowest BCUT2D eigenvalue weighted by Crippen LogP contribution is -1.97. The number of hydrogen-bond donors (Lipinski definition) is 0. The molecule has 0 aliphatic rings. The first-order valence-electron chi connectivity index (χ1n) is 10.6. The Labute approximate surface area is 195 Å². The van der Waals surface area contributed by atoms with Crippen molar-refractivity contribution in [3.8, 4) is 39.5 Å². The Kier molecular flexibility index (Phi) is 4.82. The van der Waals surface area contributed by atoms with Crippen LogP contribution in [0.4, 0.5) is 0 Å². The molecule has 4 nitrogen and oxygen atoms in total. The highest BCUT2D eigenvalue weighted by Crippen LogP contribution is 2.36. The summed E-state index contributed by atoms with van der Waals surface area (Å²) < 4.78 is 6.68. The maximum atomic E-state index is 5.42. The number of rotatable bonds is 4. The topological polar surface area (TPSA) is 47.9 Å². The molecule has 0 amide bonds. The zero-order valence-electron chi connectivity index (χ0n) is 17.9. The first-order valence-corrected chi connectivity index (χ1v) is 11.5. The molecule has 3 heterocycles. The van der Waals surface area contributed by atoms with Crippen LogP contribution in [-0.2, 0) is 0 Å². The Morgan fingerprint density at radius 2 is 1.58 bits per heavy atom. The van der Waals surface area contributed by atoms with Gasteiger partial charge in [0, 0.05) is 38.5 Å². The van der Waals surface area contributed by atoms with Gasteiger partial charge in [0.05, 0.1) is 12.6 Å². The van der Waals surface area contributed by atoms with Crippen LogP contribution in [0.15, 0.2) is 96.5 Å². The zero-order chi connectivity index (χ0) is 22.2. The van der Waals surface area contributed by atoms with Gasteiger partial charge in [-0.1, -0.05) is 60.7 Å². The van der Waals surface area contributed by atoms with Gasteiger partial charge >= 0.3 is 0 Å². The fourth-order valence-corrected chi connectivity index (χ4v) is 5.03. The fourth-order valence-electron chi connectivity index (χ4n) is 4.06. The van der Waals surface area contributed by atoms with Crippen LogP contribution in [0.1, 0.15) is 0 Å². The summed E-state index contributed by atoms with van der Waals surface area (Å²) >= 11 is 1.74. The van der Waals surface area contributed by atoms with Gasteiger partial charge in [0.15, 0.2) is 5.82 Å². The molecule has 0 radical (unpaired) electrons. The van der Waals surface area contributed by atoms with Gasteiger partial charge < -0.3 is 4.74 Å². The van der Waals surface area contributed by atoms with Crippen LogP contribution in [0.25, 0.3) is 54.9 Å². The van der Waals surface area contributed by atoms with Crippen molar-refractivity contribution in [3.63, 3.8) is 0 Å². The number of methoxy groups -OCH3 is 1. The average molecular weight is 446 g/mol. The second-order valence-electron chi connectivity index (χ2n) is 7.73. The van der Waals surface area contributed by atoms with Crippen LogP contribution in [0.2, 0.25) is 0 Å². The van der Waals surface area contributed by atoms with Gasteiger partial charge in [-0.3, -0.25) is 4.98 Å². The highest BCUT2D eigenvalue weighted by Gasteiger charge is 2.15. The molecule has 0 saturated carbocycles. The van der Waals surface area contributed by atoms with E-state index >= 15 is 0 Å². The van der Waals surface area contributed by atoms with Crippen molar-refractivity contribution >= 4 is 32.5 Å². The van der Waals surface area contributed by atoms with Crippen LogP contribution in [0.5, 0.6) is 5.75 Å². The van der Waals surface area contributed by atoms with Crippen LogP contribution in [0, 0.1) is 0 Å². The highest BCUT2D eigenvalue weighted by molar-refractivity contribution is 7.17. The predicted molar refractivity (Wildman–Crippen MR) is 136 cm³/mol. The van der Waals surface area contributed by atoms with E-state index in [-0.39, 0.29) is 0 Å². The molecule has 0 bridgehead atoms. The van der Waals surface area contributed by atoms with E-state index in [0.717, 1.165) is 39.2 Å². The Hall–Kier alpha value is -4.09. The van der Waals surface area contributed by atoms with E-state index in [2.05, 4.69) is 47.8 Å². The predicted octanol–water partition coefficient (Wildman–Crippen LogP) is 7.25. The number of ether oxygens (including phenoxy) is 1. The summed E-state index contributed by atoms with van der Waals surface area (Å²) in [6, 6.07) is 28.5. The molecule has 0 aliphatic carbocycles. The van der Waals surface area contributed by atoms with E-state index in [1.165, 1.54) is 15.6 Å². The normalized spacial score (nSPS) is 11.2. The van der Waals surface area contributed by atoms with Crippen molar-refractivity contribution in [2.24, 2.45) is 0 Å². The maximum absolute atomic E-state index is 5.42. The van der Waals surface area contributed by atoms with Crippen molar-refractivity contribution in [2.75, 3.05) is 7.11 Å². The SMILES string of the molecule is COc1cccc(-c2nc(-c3ccccc3)c3ncc(-c4csc5ccccc45)cc3n2)c1. The van der Waals surface area contributed by atoms with Gasteiger partial charge in [-0.15, -0.1) is 11.3 Å². The molecule has 0 unspecified atom stereocenters. The quantitative estimate of drug-likeness (QED) is 0.287. The smallest absolute Gasteiger partial charge is 0.160 e. The van der Waals surface area contributed by atoms with Crippen LogP contribution in [0.3, 0.4) is 0 Å². The standard InChI is InChI=1S/C28H19N3OS/c1-32-21-11-7-10-19(14-21)28-30-24-15-20(23-17-33-25-13-6-5-12-22(23)25)16-29-27(24)26(31-28)18-8-3-2-4-9-18/h2-17H,1H3. The molecular formula is C28H19N3OS. The Bertz CT molecular complexity index is 1610. The fraction of sp³-hybridized carbons (Fsp3) is 0.0357. The molecule has 0 spiro atoms. The summed E-state index contributed by atoms with van der Waals surface area (Å²) in [6.45, 7) is 0. The van der Waals surface area contributed by atoms with Gasteiger partial charge in [0.25, 0.3) is 0 Å². The first-order chi connectivity index (χ1) is 16.3. The van der Waals surface area contributed by atoms with E-state index < -0.39 is 0 Å². The molecule has 6 rings (SSSR count). The number of aromatic nitrogens is 3. The van der Waals surface area contributed by atoms with Crippen molar-refractivity contribution in [1.29, 1.82) is 0 Å². The van der Waals surface area contributed by atoms with Crippen LogP contribution in [-0.4, -0.2) is 22.1 Å². The molecule has 3 aromatic heterocycles. The van der Waals surface area contributed by atoms with Gasteiger partial charge in [0.2, 0.25) is 0 Å². The molecule has 5 heteroatoms. The molecule has 6 aromatic rings. The molecule has 0 fully saturated rings. The summed E-state index contributed by atoms with van der Waals surface area (Å²) in [6.07, 6.45) is 1.93. The minimum absolute atomic E-state index is 0.648. The van der Waals surface area contributed by atoms with E-state index in [1.807, 2.05) is 48.7 Å². The maximum Gasteiger partial charge on any atom is 0.160 e. The number of pyridine rings is 1. The second-order valence-corrected chi connectivity index (χ2v) is 8.64. The summed E-state index contributed by atoms with van der Waals surface area (Å²) in [5.41, 5.74) is 6.56. The van der Waals surface area contributed by atoms with Gasteiger partial charge in [-0.05, 0) is 29.6 Å². The van der Waals surface area contributed by atoms with Crippen LogP contribution >= 0.6 is 11.3 Å². The van der Waals surface area contributed by atoms with E-state index in [9.17, 15) is 0 Å². The van der Waals surface area contributed by atoms with Gasteiger partial charge in [0.1, 0.15) is 17.0 Å². The number of nitrogens with zero attached hydrogens (tertiary/aromatic N) is 3. The monoisotopic (exact) mass is 445 g/mol. The second kappa shape index (κ2) is 8.11. The van der Waals surface area contributed by atoms with Gasteiger partial charge in [-0.2, -0.15) is 0 Å². The molecule has 0 atom stereocenters. The molecule has 158 valence electrons. The van der Waals surface area contributed by atoms with E-state index in [1.54, 1.807) is 18.4 Å². The molecule has 0 aliphatic heterocycles. The first kappa shape index (κ1) is 19.6. The number of benzene rings is 3. The summed E-state index contributed by atoms with van der Waals surface area (Å²) in [5.74, 6) is 1.42. The molecule has 0 N–H and O–H groups in total. The van der Waals surface area contributed by atoms with Crippen molar-refractivity contribution in [1.82, 2.24) is 15.0 Å². The minimum atomic E-state index is 0.648. The lowest BCUT2D eigenvalue weighted by Gasteiger charge is -2.10. The summed E-state index contributed by atoms with van der Waals surface area (Å²) in [5, 5.41) is 3.42. The Balaban J connectivity index is 1.60. The lowest BCUT2D eigenvalue weighted by molar-refractivity contribution is 0.415. The summed E-state index contributed by atoms with van der Waals surface area (Å²) in [7, 11) is 1.66. The average Bonchev–Trinajstić information content (AvgIpc) is 3.32. The number of hydrogen-bond acceptors (Lipinski definition) is 5. The minimum Gasteiger partial charge on any atom is -0.497 e. The zero-order valence-corrected chi connectivity index (χ0v) is 18.7. The lowest BCUT2D eigenvalue weighted by atomic mass is 10.0. The van der Waals surface area contributed by atoms with Crippen molar-refractivity contribution < 1.29 is 4.74 Å². The number of fused-ring (bicyclic) bond motifs is 2. The molecule has 33 heavy (non-hydrogen) atoms. The summed E-state index contributed by atoms with van der Waals surface area (Å²) in [4.78, 5) is 14.7. The Morgan fingerprint density at radius 1 is 0.758 bits per heavy atom. The van der Waals surface area contributed by atoms with Crippen molar-refractivity contribution in [3.05, 3.63) is 96.5 Å².